The summed E-state index contributed by atoms with van der Waals surface area (Å²) in [7, 11) is 0. The number of carboxylic acid groups (broad SMARTS) is 1. The van der Waals surface area contributed by atoms with Gasteiger partial charge in [0.15, 0.2) is 5.65 Å². The molecule has 212 valence electrons. The summed E-state index contributed by atoms with van der Waals surface area (Å²) in [4.78, 5) is 39.7. The third kappa shape index (κ3) is 5.59. The summed E-state index contributed by atoms with van der Waals surface area (Å²) in [5.74, 6) is 0.0153. The lowest BCUT2D eigenvalue weighted by molar-refractivity contribution is 0.0396. The second-order valence-corrected chi connectivity index (χ2v) is 9.87. The molecule has 14 heteroatoms. The predicted octanol–water partition coefficient (Wildman–Crippen LogP) is 3.90. The third-order valence-electron chi connectivity index (χ3n) is 7.36. The molecule has 3 amide bonds. The molecule has 1 aromatic carbocycles. The monoisotopic (exact) mass is 561 g/mol. The number of morpholine rings is 1. The molecule has 0 radical (unpaired) electrons. The van der Waals surface area contributed by atoms with E-state index in [0.717, 1.165) is 22.4 Å². The first-order valence-corrected chi connectivity index (χ1v) is 13.3. The number of piperidine rings is 1. The number of hydrogen-bond acceptors (Lipinski definition) is 8. The number of aromatic nitrogens is 5. The van der Waals surface area contributed by atoms with Crippen molar-refractivity contribution in [3.8, 4) is 0 Å². The van der Waals surface area contributed by atoms with Crippen molar-refractivity contribution in [2.75, 3.05) is 48.3 Å². The van der Waals surface area contributed by atoms with Crippen molar-refractivity contribution in [2.24, 2.45) is 0 Å². The minimum Gasteiger partial charge on any atom is -0.465 e. The molecule has 1 atom stereocenters. The van der Waals surface area contributed by atoms with Gasteiger partial charge < -0.3 is 30.3 Å². The lowest BCUT2D eigenvalue weighted by Crippen LogP contribution is -2.39. The maximum absolute atomic E-state index is 13.7. The molecule has 41 heavy (non-hydrogen) atoms. The molecule has 0 aliphatic carbocycles. The van der Waals surface area contributed by atoms with Gasteiger partial charge in [0.1, 0.15) is 18.2 Å². The third-order valence-corrected chi connectivity index (χ3v) is 7.36. The van der Waals surface area contributed by atoms with Crippen molar-refractivity contribution in [3.05, 3.63) is 66.6 Å². The van der Waals surface area contributed by atoms with Crippen LogP contribution in [-0.4, -0.2) is 79.6 Å². The van der Waals surface area contributed by atoms with Gasteiger partial charge in [0.05, 0.1) is 29.9 Å². The Morgan fingerprint density at radius 1 is 1.02 bits per heavy atom. The van der Waals surface area contributed by atoms with Gasteiger partial charge in [0, 0.05) is 38.1 Å². The maximum Gasteiger partial charge on any atom is 0.407 e. The van der Waals surface area contributed by atoms with Crippen LogP contribution in [0, 0.1) is 5.95 Å². The van der Waals surface area contributed by atoms with Crippen LogP contribution in [0.25, 0.3) is 11.0 Å². The number of rotatable bonds is 5. The SMILES string of the molecule is O=C(Nc1ccc(C2CN(c3ncnc4c3cnn4C3CCN(C(=O)O)CC3)CCO2)cc1)Nc1cccnc1F. The number of anilines is 3. The van der Waals surface area contributed by atoms with E-state index in [1.165, 1.54) is 29.6 Å². The average Bonchev–Trinajstić information content (AvgIpc) is 3.43. The van der Waals surface area contributed by atoms with Gasteiger partial charge in [-0.15, -0.1) is 0 Å². The lowest BCUT2D eigenvalue weighted by Gasteiger charge is -2.34. The number of amides is 3. The summed E-state index contributed by atoms with van der Waals surface area (Å²) < 4.78 is 21.7. The van der Waals surface area contributed by atoms with E-state index < -0.39 is 18.1 Å². The first kappa shape index (κ1) is 26.4. The Hall–Kier alpha value is -4.85. The smallest absolute Gasteiger partial charge is 0.407 e. The van der Waals surface area contributed by atoms with Crippen LogP contribution in [0.3, 0.4) is 0 Å². The number of carbonyl (C=O) groups excluding carboxylic acids is 1. The first-order valence-electron chi connectivity index (χ1n) is 13.3. The van der Waals surface area contributed by atoms with Crippen LogP contribution < -0.4 is 15.5 Å². The fraction of sp³-hybridized carbons (Fsp3) is 0.333. The van der Waals surface area contributed by atoms with Crippen LogP contribution in [0.2, 0.25) is 0 Å². The zero-order valence-electron chi connectivity index (χ0n) is 22.0. The highest BCUT2D eigenvalue weighted by atomic mass is 19.1. The number of nitrogens with one attached hydrogen (secondary N) is 2. The van der Waals surface area contributed by atoms with E-state index in [4.69, 9.17) is 4.74 Å². The summed E-state index contributed by atoms with van der Waals surface area (Å²) in [6, 6.07) is 9.74. The summed E-state index contributed by atoms with van der Waals surface area (Å²) in [5.41, 5.74) is 2.20. The highest BCUT2D eigenvalue weighted by molar-refractivity contribution is 5.99. The van der Waals surface area contributed by atoms with Crippen molar-refractivity contribution < 1.29 is 23.8 Å². The quantitative estimate of drug-likeness (QED) is 0.308. The van der Waals surface area contributed by atoms with Gasteiger partial charge >= 0.3 is 12.1 Å². The molecular formula is C27H28FN9O4. The molecule has 4 aromatic rings. The Morgan fingerprint density at radius 2 is 1.83 bits per heavy atom. The first-order chi connectivity index (χ1) is 20.0. The average molecular weight is 562 g/mol. The van der Waals surface area contributed by atoms with Crippen molar-refractivity contribution in [3.63, 3.8) is 0 Å². The zero-order valence-corrected chi connectivity index (χ0v) is 22.0. The molecule has 0 bridgehead atoms. The number of nitrogens with zero attached hydrogens (tertiary/aromatic N) is 7. The number of carbonyl (C=O) groups is 2. The molecule has 2 aliphatic rings. The Kier molecular flexibility index (Phi) is 7.29. The molecule has 2 aliphatic heterocycles. The van der Waals surface area contributed by atoms with Gasteiger partial charge in [-0.25, -0.2) is 29.2 Å². The van der Waals surface area contributed by atoms with Crippen LogP contribution in [-0.2, 0) is 4.74 Å². The van der Waals surface area contributed by atoms with E-state index in [9.17, 15) is 19.1 Å². The van der Waals surface area contributed by atoms with Crippen LogP contribution in [0.4, 0.5) is 31.2 Å². The Bertz CT molecular complexity index is 1560. The molecule has 13 nitrogen and oxygen atoms in total. The number of ether oxygens (including phenoxy) is 1. The van der Waals surface area contributed by atoms with E-state index >= 15 is 0 Å². The van der Waals surface area contributed by atoms with E-state index in [2.05, 4.69) is 35.6 Å². The molecule has 0 spiro atoms. The van der Waals surface area contributed by atoms with Crippen LogP contribution in [0.5, 0.6) is 0 Å². The van der Waals surface area contributed by atoms with E-state index in [0.29, 0.717) is 51.3 Å². The van der Waals surface area contributed by atoms with Gasteiger partial charge in [-0.1, -0.05) is 12.1 Å². The number of halogens is 1. The molecular weight excluding hydrogens is 533 g/mol. The number of benzene rings is 1. The van der Waals surface area contributed by atoms with E-state index in [1.54, 1.807) is 18.3 Å². The summed E-state index contributed by atoms with van der Waals surface area (Å²) >= 11 is 0. The minimum absolute atomic E-state index is 0.00902. The van der Waals surface area contributed by atoms with Gasteiger partial charge in [-0.2, -0.15) is 9.49 Å². The summed E-state index contributed by atoms with van der Waals surface area (Å²) in [6.45, 7) is 2.63. The van der Waals surface area contributed by atoms with Gasteiger partial charge in [0.2, 0.25) is 5.95 Å². The molecule has 2 fully saturated rings. The van der Waals surface area contributed by atoms with Gasteiger partial charge in [-0.3, -0.25) is 0 Å². The standard InChI is InChI=1S/C27H28FN9O4/c28-23-21(2-1-9-29-23)34-26(38)33-18-5-3-17(4-6-18)22-15-36(12-13-41-22)24-20-14-32-37(25(20)31-16-30-24)19-7-10-35(11-8-19)27(39)40/h1-6,9,14,16,19,22H,7-8,10-13,15H2,(H,39,40)(H2,33,34,38). The fourth-order valence-electron chi connectivity index (χ4n) is 5.26. The maximum atomic E-state index is 13.7. The second-order valence-electron chi connectivity index (χ2n) is 9.87. The fourth-order valence-corrected chi connectivity index (χ4v) is 5.26. The highest BCUT2D eigenvalue weighted by Gasteiger charge is 2.28. The van der Waals surface area contributed by atoms with Crippen molar-refractivity contribution in [2.45, 2.75) is 25.0 Å². The molecule has 3 aromatic heterocycles. The topological polar surface area (TPSA) is 151 Å². The normalized spacial score (nSPS) is 17.9. The van der Waals surface area contributed by atoms with E-state index in [-0.39, 0.29) is 17.8 Å². The summed E-state index contributed by atoms with van der Waals surface area (Å²) in [6.07, 6.45) is 4.85. The summed E-state index contributed by atoms with van der Waals surface area (Å²) in [5, 5.41) is 19.8. The zero-order chi connectivity index (χ0) is 28.3. The van der Waals surface area contributed by atoms with Crippen molar-refractivity contribution in [1.29, 1.82) is 0 Å². The van der Waals surface area contributed by atoms with Gasteiger partial charge in [-0.05, 0) is 42.7 Å². The lowest BCUT2D eigenvalue weighted by atomic mass is 10.1. The number of pyridine rings is 1. The highest BCUT2D eigenvalue weighted by Crippen LogP contribution is 2.32. The molecule has 6 rings (SSSR count). The second kappa shape index (κ2) is 11.3. The van der Waals surface area contributed by atoms with Gasteiger partial charge in [0.25, 0.3) is 0 Å². The van der Waals surface area contributed by atoms with Crippen LogP contribution >= 0.6 is 0 Å². The van der Waals surface area contributed by atoms with Crippen molar-refractivity contribution in [1.82, 2.24) is 29.6 Å². The van der Waals surface area contributed by atoms with Crippen LogP contribution in [0.15, 0.2) is 55.1 Å². The largest absolute Gasteiger partial charge is 0.465 e. The number of likely N-dealkylation sites (tertiary alicyclic amines) is 1. The Morgan fingerprint density at radius 3 is 2.59 bits per heavy atom. The van der Waals surface area contributed by atoms with Crippen LogP contribution in [0.1, 0.15) is 30.6 Å². The minimum atomic E-state index is -0.894. The molecule has 0 saturated carbocycles. The molecule has 2 saturated heterocycles. The predicted molar refractivity (Wildman–Crippen MR) is 147 cm³/mol. The Labute approximate surface area is 234 Å². The number of urea groups is 1. The molecule has 5 heterocycles. The van der Waals surface area contributed by atoms with Crippen molar-refractivity contribution >= 4 is 40.4 Å². The van der Waals surface area contributed by atoms with E-state index in [1.807, 2.05) is 16.8 Å². The Balaban J connectivity index is 1.12. The molecule has 3 N–H and O–H groups in total. The number of hydrogen-bond donors (Lipinski definition) is 3. The number of fused-ring (bicyclic) bond motifs is 1. The molecule has 1 unspecified atom stereocenters.